The summed E-state index contributed by atoms with van der Waals surface area (Å²) in [6, 6.07) is 5.27. The van der Waals surface area contributed by atoms with Crippen LogP contribution in [0.2, 0.25) is 5.02 Å². The zero-order valence-electron chi connectivity index (χ0n) is 11.9. The summed E-state index contributed by atoms with van der Waals surface area (Å²) in [7, 11) is 0. The summed E-state index contributed by atoms with van der Waals surface area (Å²) in [6.45, 7) is 5.07. The quantitative estimate of drug-likeness (QED) is 0.865. The monoisotopic (exact) mass is 354 g/mol. The van der Waals surface area contributed by atoms with Gasteiger partial charge in [-0.3, -0.25) is 4.90 Å². The fraction of sp³-hybridized carbons (Fsp3) is 0.600. The van der Waals surface area contributed by atoms with E-state index in [9.17, 15) is 4.39 Å². The fourth-order valence-electron chi connectivity index (χ4n) is 3.45. The molecule has 1 N–H and O–H groups in total. The Labute approximate surface area is 143 Å². The molecule has 0 bridgehead atoms. The molecule has 0 saturated carbocycles. The van der Waals surface area contributed by atoms with Crippen molar-refractivity contribution < 1.29 is 4.39 Å². The van der Waals surface area contributed by atoms with Crippen molar-refractivity contribution in [3.63, 3.8) is 0 Å². The summed E-state index contributed by atoms with van der Waals surface area (Å²) in [5.41, 5.74) is 1.14. The lowest BCUT2D eigenvalue weighted by atomic mass is 9.80. The summed E-state index contributed by atoms with van der Waals surface area (Å²) in [5.74, 6) is -0.258. The highest BCUT2D eigenvalue weighted by Crippen LogP contribution is 2.37. The summed E-state index contributed by atoms with van der Waals surface area (Å²) in [5, 5.41) is 3.73. The molecule has 2 aliphatic rings. The van der Waals surface area contributed by atoms with E-state index in [0.29, 0.717) is 17.5 Å². The Hall–Kier alpha value is -0.0600. The summed E-state index contributed by atoms with van der Waals surface area (Å²) < 4.78 is 13.9. The molecule has 0 amide bonds. The maximum absolute atomic E-state index is 13.9. The minimum absolute atomic E-state index is 0. The van der Waals surface area contributed by atoms with E-state index in [1.54, 1.807) is 6.07 Å². The van der Waals surface area contributed by atoms with Crippen LogP contribution in [0.4, 0.5) is 4.39 Å². The first kappa shape index (κ1) is 19.0. The van der Waals surface area contributed by atoms with Crippen LogP contribution in [0.1, 0.15) is 24.8 Å². The Morgan fingerprint density at radius 3 is 2.81 bits per heavy atom. The molecule has 2 heterocycles. The van der Waals surface area contributed by atoms with Crippen LogP contribution < -0.4 is 5.32 Å². The molecule has 1 spiro atoms. The zero-order valence-corrected chi connectivity index (χ0v) is 14.3. The molecule has 1 aromatic rings. The lowest BCUT2D eigenvalue weighted by Crippen LogP contribution is -2.41. The van der Waals surface area contributed by atoms with E-state index in [1.165, 1.54) is 19.3 Å². The smallest absolute Gasteiger partial charge is 0.146 e. The fourth-order valence-corrected chi connectivity index (χ4v) is 3.65. The Morgan fingerprint density at radius 1 is 1.29 bits per heavy atom. The first-order valence-electron chi connectivity index (χ1n) is 7.05. The number of rotatable bonds is 2. The molecular formula is C15H22Cl3FN2. The third-order valence-corrected chi connectivity index (χ3v) is 4.80. The Bertz CT molecular complexity index is 464. The molecule has 2 fully saturated rings. The van der Waals surface area contributed by atoms with E-state index in [0.717, 1.165) is 26.2 Å². The van der Waals surface area contributed by atoms with Crippen LogP contribution >= 0.6 is 36.4 Å². The van der Waals surface area contributed by atoms with Gasteiger partial charge in [-0.25, -0.2) is 4.39 Å². The average Bonchev–Trinajstić information content (AvgIpc) is 2.79. The molecule has 120 valence electrons. The van der Waals surface area contributed by atoms with Gasteiger partial charge in [-0.15, -0.1) is 24.8 Å². The number of piperidine rings is 1. The van der Waals surface area contributed by atoms with Crippen molar-refractivity contribution in [1.29, 1.82) is 0 Å². The minimum atomic E-state index is -0.258. The predicted octanol–water partition coefficient (Wildman–Crippen LogP) is 3.90. The minimum Gasteiger partial charge on any atom is -0.316 e. The van der Waals surface area contributed by atoms with Crippen molar-refractivity contribution >= 4 is 36.4 Å². The normalized spacial score (nSPS) is 25.4. The van der Waals surface area contributed by atoms with Crippen molar-refractivity contribution in [2.75, 3.05) is 26.2 Å². The van der Waals surface area contributed by atoms with Crippen LogP contribution in [0, 0.1) is 11.2 Å². The lowest BCUT2D eigenvalue weighted by molar-refractivity contribution is 0.199. The van der Waals surface area contributed by atoms with Crippen LogP contribution in [0.15, 0.2) is 18.2 Å². The van der Waals surface area contributed by atoms with Gasteiger partial charge in [-0.2, -0.15) is 0 Å². The van der Waals surface area contributed by atoms with Crippen molar-refractivity contribution in [2.45, 2.75) is 25.8 Å². The summed E-state index contributed by atoms with van der Waals surface area (Å²) in [4.78, 5) is 2.36. The van der Waals surface area contributed by atoms with Gasteiger partial charge in [0, 0.05) is 25.2 Å². The molecule has 1 aromatic carbocycles. The summed E-state index contributed by atoms with van der Waals surface area (Å²) >= 11 is 5.84. The van der Waals surface area contributed by atoms with E-state index in [4.69, 9.17) is 11.6 Å². The molecule has 2 aliphatic heterocycles. The maximum Gasteiger partial charge on any atom is 0.146 e. The van der Waals surface area contributed by atoms with Gasteiger partial charge >= 0.3 is 0 Å². The second-order valence-corrected chi connectivity index (χ2v) is 6.36. The number of hydrogen-bond donors (Lipinski definition) is 1. The molecular weight excluding hydrogens is 334 g/mol. The molecule has 0 aromatic heterocycles. The SMILES string of the molecule is Cl.Cl.Fc1c(Cl)cccc1CN1CCC2(CCCNC2)C1. The highest BCUT2D eigenvalue weighted by molar-refractivity contribution is 6.30. The van der Waals surface area contributed by atoms with E-state index in [-0.39, 0.29) is 35.7 Å². The highest BCUT2D eigenvalue weighted by atomic mass is 35.5. The molecule has 0 radical (unpaired) electrons. The number of benzene rings is 1. The van der Waals surface area contributed by atoms with E-state index in [1.807, 2.05) is 12.1 Å². The molecule has 21 heavy (non-hydrogen) atoms. The Morgan fingerprint density at radius 2 is 2.10 bits per heavy atom. The van der Waals surface area contributed by atoms with Crippen molar-refractivity contribution in [3.05, 3.63) is 34.6 Å². The van der Waals surface area contributed by atoms with Gasteiger partial charge in [-0.05, 0) is 43.8 Å². The number of nitrogens with one attached hydrogen (secondary N) is 1. The first-order chi connectivity index (χ1) is 9.19. The lowest BCUT2D eigenvalue weighted by Gasteiger charge is -2.34. The van der Waals surface area contributed by atoms with E-state index < -0.39 is 0 Å². The van der Waals surface area contributed by atoms with Crippen molar-refractivity contribution in [3.8, 4) is 0 Å². The van der Waals surface area contributed by atoms with Crippen LogP contribution in [-0.4, -0.2) is 31.1 Å². The van der Waals surface area contributed by atoms with Gasteiger partial charge in [0.25, 0.3) is 0 Å². The second-order valence-electron chi connectivity index (χ2n) is 5.95. The summed E-state index contributed by atoms with van der Waals surface area (Å²) in [6.07, 6.45) is 3.79. The molecule has 1 atom stereocenters. The van der Waals surface area contributed by atoms with Gasteiger partial charge in [0.15, 0.2) is 0 Å². The third-order valence-electron chi connectivity index (χ3n) is 4.50. The number of nitrogens with zero attached hydrogens (tertiary/aromatic N) is 1. The second kappa shape index (κ2) is 7.98. The average molecular weight is 356 g/mol. The van der Waals surface area contributed by atoms with Crippen LogP contribution in [0.25, 0.3) is 0 Å². The molecule has 1 unspecified atom stereocenters. The van der Waals surface area contributed by atoms with Gasteiger partial charge in [0.2, 0.25) is 0 Å². The van der Waals surface area contributed by atoms with Crippen LogP contribution in [0.3, 0.4) is 0 Å². The topological polar surface area (TPSA) is 15.3 Å². The largest absolute Gasteiger partial charge is 0.316 e. The van der Waals surface area contributed by atoms with E-state index in [2.05, 4.69) is 10.2 Å². The maximum atomic E-state index is 13.9. The third kappa shape index (κ3) is 4.23. The molecule has 2 saturated heterocycles. The molecule has 6 heteroatoms. The molecule has 0 aliphatic carbocycles. The predicted molar refractivity (Wildman–Crippen MR) is 90.3 cm³/mol. The van der Waals surface area contributed by atoms with Crippen LogP contribution in [0.5, 0.6) is 0 Å². The highest BCUT2D eigenvalue weighted by Gasteiger charge is 2.38. The Kier molecular flexibility index (Phi) is 7.21. The molecule has 2 nitrogen and oxygen atoms in total. The van der Waals surface area contributed by atoms with Crippen molar-refractivity contribution in [2.24, 2.45) is 5.41 Å². The zero-order chi connectivity index (χ0) is 13.3. The number of halogens is 4. The van der Waals surface area contributed by atoms with Gasteiger partial charge < -0.3 is 5.32 Å². The van der Waals surface area contributed by atoms with Gasteiger partial charge in [0.05, 0.1) is 5.02 Å². The number of hydrogen-bond acceptors (Lipinski definition) is 2. The Balaban J connectivity index is 0.00000110. The standard InChI is InChI=1S/C15H20ClFN2.2ClH/c16-13-4-1-3-12(14(13)17)9-19-8-6-15(11-19)5-2-7-18-10-15;;/h1,3-4,18H,2,5-11H2;2*1H. The first-order valence-corrected chi connectivity index (χ1v) is 7.42. The molecule has 3 rings (SSSR count). The number of likely N-dealkylation sites (tertiary alicyclic amines) is 1. The van der Waals surface area contributed by atoms with E-state index >= 15 is 0 Å². The van der Waals surface area contributed by atoms with Gasteiger partial charge in [-0.1, -0.05) is 23.7 Å². The van der Waals surface area contributed by atoms with Crippen LogP contribution in [-0.2, 0) is 6.54 Å². The van der Waals surface area contributed by atoms with Gasteiger partial charge in [0.1, 0.15) is 5.82 Å². The van der Waals surface area contributed by atoms with Crippen molar-refractivity contribution in [1.82, 2.24) is 10.2 Å².